The summed E-state index contributed by atoms with van der Waals surface area (Å²) in [4.78, 5) is 16.9. The second kappa shape index (κ2) is 8.01. The van der Waals surface area contributed by atoms with E-state index in [4.69, 9.17) is 4.74 Å². The number of aryl methyl sites for hydroxylation is 1. The average Bonchev–Trinajstić information content (AvgIpc) is 2.59. The van der Waals surface area contributed by atoms with E-state index in [9.17, 15) is 4.79 Å². The first kappa shape index (κ1) is 18.8. The van der Waals surface area contributed by atoms with Gasteiger partial charge in [0.1, 0.15) is 11.6 Å². The van der Waals surface area contributed by atoms with Crippen molar-refractivity contribution < 1.29 is 9.53 Å². The molecule has 5 nitrogen and oxygen atoms in total. The summed E-state index contributed by atoms with van der Waals surface area (Å²) in [5.74, 6) is 0.826. The number of aromatic nitrogens is 1. The Morgan fingerprint density at radius 1 is 1.20 bits per heavy atom. The van der Waals surface area contributed by atoms with Gasteiger partial charge in [-0.1, -0.05) is 39.8 Å². The third-order valence-corrected chi connectivity index (χ3v) is 3.68. The lowest BCUT2D eigenvalue weighted by Crippen LogP contribution is -2.33. The Hall–Kier alpha value is -2.56. The minimum atomic E-state index is -0.238. The number of nitrogens with zero attached hydrogens (tertiary/aromatic N) is 1. The number of benzene rings is 1. The quantitative estimate of drug-likeness (QED) is 0.828. The van der Waals surface area contributed by atoms with Gasteiger partial charge in [-0.05, 0) is 41.7 Å². The van der Waals surface area contributed by atoms with Gasteiger partial charge in [0.15, 0.2) is 5.69 Å². The van der Waals surface area contributed by atoms with E-state index in [0.29, 0.717) is 18.1 Å². The number of rotatable bonds is 6. The highest BCUT2D eigenvalue weighted by molar-refractivity contribution is 5.95. The first-order valence-corrected chi connectivity index (χ1v) is 8.51. The van der Waals surface area contributed by atoms with Crippen molar-refractivity contribution in [3.05, 3.63) is 47.7 Å². The molecule has 0 aliphatic rings. The van der Waals surface area contributed by atoms with Crippen LogP contribution in [0.4, 0.5) is 11.5 Å². The largest absolute Gasteiger partial charge is 0.494 e. The molecule has 2 rings (SSSR count). The number of methoxy groups -OCH3 is 1. The fourth-order valence-electron chi connectivity index (χ4n) is 2.29. The standard InChI is InChI=1S/C20H27N3O2/c1-6-14-8-7-9-15(12-14)22-17-11-10-16(25-5)18(23-17)19(24)21-13-20(2,3)4/h7-12H,6,13H2,1-5H3,(H,21,24)(H,22,23). The van der Waals surface area contributed by atoms with Crippen molar-refractivity contribution in [2.24, 2.45) is 5.41 Å². The molecule has 1 aromatic carbocycles. The third-order valence-electron chi connectivity index (χ3n) is 3.68. The minimum absolute atomic E-state index is 0.000647. The predicted octanol–water partition coefficient (Wildman–Crippen LogP) is 4.17. The van der Waals surface area contributed by atoms with Crippen LogP contribution in [-0.2, 0) is 6.42 Å². The van der Waals surface area contributed by atoms with Gasteiger partial charge in [0.25, 0.3) is 5.91 Å². The van der Waals surface area contributed by atoms with Gasteiger partial charge in [0.05, 0.1) is 7.11 Å². The predicted molar refractivity (Wildman–Crippen MR) is 102 cm³/mol. The monoisotopic (exact) mass is 341 g/mol. The molecule has 0 saturated carbocycles. The molecule has 1 aromatic heterocycles. The lowest BCUT2D eigenvalue weighted by molar-refractivity contribution is 0.0931. The Morgan fingerprint density at radius 3 is 2.60 bits per heavy atom. The van der Waals surface area contributed by atoms with Crippen molar-refractivity contribution in [3.8, 4) is 5.75 Å². The molecule has 0 saturated heterocycles. The molecule has 1 heterocycles. The highest BCUT2D eigenvalue weighted by Crippen LogP contribution is 2.22. The fourth-order valence-corrected chi connectivity index (χ4v) is 2.29. The summed E-state index contributed by atoms with van der Waals surface area (Å²) in [7, 11) is 1.54. The Bertz CT molecular complexity index is 736. The van der Waals surface area contributed by atoms with E-state index in [1.165, 1.54) is 12.7 Å². The summed E-state index contributed by atoms with van der Waals surface area (Å²) in [6.07, 6.45) is 0.964. The van der Waals surface area contributed by atoms with Gasteiger partial charge in [0.2, 0.25) is 0 Å². The third kappa shape index (κ3) is 5.48. The number of hydrogen-bond acceptors (Lipinski definition) is 4. The van der Waals surface area contributed by atoms with Crippen molar-refractivity contribution in [3.63, 3.8) is 0 Å². The topological polar surface area (TPSA) is 63.2 Å². The van der Waals surface area contributed by atoms with E-state index in [0.717, 1.165) is 12.1 Å². The molecular formula is C20H27N3O2. The van der Waals surface area contributed by atoms with Crippen molar-refractivity contribution in [2.75, 3.05) is 19.0 Å². The molecule has 2 N–H and O–H groups in total. The van der Waals surface area contributed by atoms with Crippen LogP contribution >= 0.6 is 0 Å². The van der Waals surface area contributed by atoms with Gasteiger partial charge in [-0.2, -0.15) is 0 Å². The number of hydrogen-bond donors (Lipinski definition) is 2. The molecule has 5 heteroatoms. The van der Waals surface area contributed by atoms with Crippen molar-refractivity contribution in [1.82, 2.24) is 10.3 Å². The van der Waals surface area contributed by atoms with Crippen LogP contribution in [0.3, 0.4) is 0 Å². The highest BCUT2D eigenvalue weighted by atomic mass is 16.5. The molecule has 0 fully saturated rings. The van der Waals surface area contributed by atoms with Crippen LogP contribution in [0, 0.1) is 5.41 Å². The van der Waals surface area contributed by atoms with E-state index >= 15 is 0 Å². The molecule has 134 valence electrons. The Kier molecular flexibility index (Phi) is 6.02. The molecule has 0 bridgehead atoms. The average molecular weight is 341 g/mol. The SMILES string of the molecule is CCc1cccc(Nc2ccc(OC)c(C(=O)NCC(C)(C)C)n2)c1. The van der Waals surface area contributed by atoms with Gasteiger partial charge < -0.3 is 15.4 Å². The van der Waals surface area contributed by atoms with Crippen LogP contribution < -0.4 is 15.4 Å². The first-order chi connectivity index (χ1) is 11.8. The van der Waals surface area contributed by atoms with E-state index in [2.05, 4.69) is 55.4 Å². The van der Waals surface area contributed by atoms with Crippen LogP contribution in [0.25, 0.3) is 0 Å². The minimum Gasteiger partial charge on any atom is -0.494 e. The molecule has 2 aromatic rings. The molecule has 25 heavy (non-hydrogen) atoms. The van der Waals surface area contributed by atoms with Crippen LogP contribution in [0.15, 0.2) is 36.4 Å². The zero-order valence-electron chi connectivity index (χ0n) is 15.6. The van der Waals surface area contributed by atoms with E-state index in [-0.39, 0.29) is 17.0 Å². The summed E-state index contributed by atoms with van der Waals surface area (Å²) in [6, 6.07) is 11.7. The number of carbonyl (C=O) groups is 1. The maximum absolute atomic E-state index is 12.5. The number of pyridine rings is 1. The number of carbonyl (C=O) groups excluding carboxylic acids is 1. The zero-order valence-corrected chi connectivity index (χ0v) is 15.6. The molecule has 0 unspecified atom stereocenters. The number of amides is 1. The van der Waals surface area contributed by atoms with Crippen LogP contribution in [0.2, 0.25) is 0 Å². The van der Waals surface area contributed by atoms with Crippen molar-refractivity contribution >= 4 is 17.4 Å². The molecule has 1 amide bonds. The molecule has 0 radical (unpaired) electrons. The molecule has 0 aliphatic carbocycles. The maximum atomic E-state index is 12.5. The normalized spacial score (nSPS) is 11.1. The van der Waals surface area contributed by atoms with Gasteiger partial charge in [-0.15, -0.1) is 0 Å². The van der Waals surface area contributed by atoms with Gasteiger partial charge in [-0.25, -0.2) is 4.98 Å². The van der Waals surface area contributed by atoms with Crippen molar-refractivity contribution in [2.45, 2.75) is 34.1 Å². The van der Waals surface area contributed by atoms with Crippen molar-refractivity contribution in [1.29, 1.82) is 0 Å². The van der Waals surface area contributed by atoms with Crippen LogP contribution in [0.1, 0.15) is 43.7 Å². The fraction of sp³-hybridized carbons (Fsp3) is 0.400. The second-order valence-corrected chi connectivity index (χ2v) is 7.17. The summed E-state index contributed by atoms with van der Waals surface area (Å²) >= 11 is 0. The Labute approximate surface area is 149 Å². The van der Waals surface area contributed by atoms with Gasteiger partial charge >= 0.3 is 0 Å². The lowest BCUT2D eigenvalue weighted by atomic mass is 9.97. The van der Waals surface area contributed by atoms with E-state index in [1.807, 2.05) is 12.1 Å². The Morgan fingerprint density at radius 2 is 1.96 bits per heavy atom. The molecule has 0 aliphatic heterocycles. The smallest absolute Gasteiger partial charge is 0.273 e. The Balaban J connectivity index is 2.22. The number of ether oxygens (including phenoxy) is 1. The lowest BCUT2D eigenvalue weighted by Gasteiger charge is -2.19. The van der Waals surface area contributed by atoms with Crippen LogP contribution in [0.5, 0.6) is 5.75 Å². The van der Waals surface area contributed by atoms with Crippen LogP contribution in [-0.4, -0.2) is 24.5 Å². The first-order valence-electron chi connectivity index (χ1n) is 8.51. The van der Waals surface area contributed by atoms with Gasteiger partial charge in [0, 0.05) is 12.2 Å². The second-order valence-electron chi connectivity index (χ2n) is 7.17. The summed E-state index contributed by atoms with van der Waals surface area (Å²) in [5.41, 5.74) is 2.46. The molecular weight excluding hydrogens is 314 g/mol. The zero-order chi connectivity index (χ0) is 18.4. The van der Waals surface area contributed by atoms with E-state index < -0.39 is 0 Å². The maximum Gasteiger partial charge on any atom is 0.273 e. The molecule has 0 atom stereocenters. The summed E-state index contributed by atoms with van der Waals surface area (Å²) < 4.78 is 5.29. The van der Waals surface area contributed by atoms with E-state index in [1.54, 1.807) is 12.1 Å². The highest BCUT2D eigenvalue weighted by Gasteiger charge is 2.18. The number of nitrogens with one attached hydrogen (secondary N) is 2. The number of anilines is 2. The van der Waals surface area contributed by atoms with Gasteiger partial charge in [-0.3, -0.25) is 4.79 Å². The summed E-state index contributed by atoms with van der Waals surface area (Å²) in [6.45, 7) is 8.87. The molecule has 0 spiro atoms. The summed E-state index contributed by atoms with van der Waals surface area (Å²) in [5, 5.41) is 6.16.